The maximum absolute atomic E-state index is 11.8. The molecular weight excluding hydrogens is 338 g/mol. The number of methoxy groups -OCH3 is 3. The third-order valence-corrected chi connectivity index (χ3v) is 3.34. The summed E-state index contributed by atoms with van der Waals surface area (Å²) in [5.74, 6) is 0.0247. The van der Waals surface area contributed by atoms with Crippen molar-refractivity contribution in [3.63, 3.8) is 0 Å². The molecule has 0 aliphatic carbocycles. The van der Waals surface area contributed by atoms with E-state index in [9.17, 15) is 9.59 Å². The Balaban J connectivity index is 1.92. The first-order chi connectivity index (χ1) is 12.6. The number of rotatable bonds is 6. The minimum absolute atomic E-state index is 0.467. The minimum Gasteiger partial charge on any atom is -0.497 e. The Morgan fingerprint density at radius 3 is 2.19 bits per heavy atom. The molecular formula is C18H19N3O5. The standard InChI is InChI=1S/C18H19N3O5/c1-24-14-7-5-13(6-8-14)20-17(22)18(23)21-19-11-12-4-9-15(25-2)16(10-12)26-3/h4-11H,1-3H3,(H,20,22)(H,21,23). The third-order valence-electron chi connectivity index (χ3n) is 3.34. The smallest absolute Gasteiger partial charge is 0.329 e. The maximum atomic E-state index is 11.8. The second-order valence-electron chi connectivity index (χ2n) is 5.00. The van der Waals surface area contributed by atoms with Gasteiger partial charge in [0.05, 0.1) is 27.5 Å². The molecule has 0 bridgehead atoms. The normalized spacial score (nSPS) is 10.3. The van der Waals surface area contributed by atoms with Gasteiger partial charge in [0.1, 0.15) is 5.75 Å². The number of anilines is 1. The molecule has 0 fully saturated rings. The molecule has 0 unspecified atom stereocenters. The largest absolute Gasteiger partial charge is 0.497 e. The van der Waals surface area contributed by atoms with Crippen molar-refractivity contribution in [2.75, 3.05) is 26.6 Å². The Morgan fingerprint density at radius 2 is 1.58 bits per heavy atom. The van der Waals surface area contributed by atoms with Crippen LogP contribution in [0.5, 0.6) is 17.2 Å². The predicted octanol–water partition coefficient (Wildman–Crippen LogP) is 1.80. The number of ether oxygens (including phenoxy) is 3. The first-order valence-electron chi connectivity index (χ1n) is 7.58. The van der Waals surface area contributed by atoms with E-state index in [1.807, 2.05) is 0 Å². The third kappa shape index (κ3) is 4.97. The fraction of sp³-hybridized carbons (Fsp3) is 0.167. The molecule has 2 aromatic carbocycles. The van der Waals surface area contributed by atoms with Crippen LogP contribution in [-0.4, -0.2) is 39.4 Å². The number of hydrogen-bond donors (Lipinski definition) is 2. The van der Waals surface area contributed by atoms with Gasteiger partial charge in [-0.3, -0.25) is 9.59 Å². The number of hydrogen-bond acceptors (Lipinski definition) is 6. The summed E-state index contributed by atoms with van der Waals surface area (Å²) in [6, 6.07) is 11.7. The number of benzene rings is 2. The van der Waals surface area contributed by atoms with E-state index in [1.165, 1.54) is 27.5 Å². The van der Waals surface area contributed by atoms with Crippen LogP contribution in [0.2, 0.25) is 0 Å². The molecule has 0 heterocycles. The highest BCUT2D eigenvalue weighted by Crippen LogP contribution is 2.26. The van der Waals surface area contributed by atoms with E-state index in [0.717, 1.165) is 0 Å². The monoisotopic (exact) mass is 357 g/mol. The minimum atomic E-state index is -0.891. The second kappa shape index (κ2) is 9.07. The molecule has 8 nitrogen and oxygen atoms in total. The van der Waals surface area contributed by atoms with Gasteiger partial charge in [0, 0.05) is 5.69 Å². The van der Waals surface area contributed by atoms with Crippen molar-refractivity contribution in [2.45, 2.75) is 0 Å². The average Bonchev–Trinajstić information content (AvgIpc) is 2.68. The van der Waals surface area contributed by atoms with E-state index in [4.69, 9.17) is 14.2 Å². The first-order valence-corrected chi connectivity index (χ1v) is 7.58. The zero-order valence-corrected chi connectivity index (χ0v) is 14.6. The van der Waals surface area contributed by atoms with Crippen LogP contribution in [0, 0.1) is 0 Å². The molecule has 0 atom stereocenters. The van der Waals surface area contributed by atoms with Gasteiger partial charge in [0.2, 0.25) is 0 Å². The molecule has 26 heavy (non-hydrogen) atoms. The van der Waals surface area contributed by atoms with Gasteiger partial charge >= 0.3 is 11.8 Å². The number of nitrogens with zero attached hydrogens (tertiary/aromatic N) is 1. The van der Waals surface area contributed by atoms with Gasteiger partial charge in [-0.25, -0.2) is 5.43 Å². The lowest BCUT2D eigenvalue weighted by molar-refractivity contribution is -0.136. The van der Waals surface area contributed by atoms with Crippen LogP contribution in [0.1, 0.15) is 5.56 Å². The van der Waals surface area contributed by atoms with E-state index in [1.54, 1.807) is 42.5 Å². The highest BCUT2D eigenvalue weighted by molar-refractivity contribution is 6.39. The Hall–Kier alpha value is -3.55. The molecule has 2 amide bonds. The molecule has 0 saturated heterocycles. The lowest BCUT2D eigenvalue weighted by atomic mass is 10.2. The van der Waals surface area contributed by atoms with Gasteiger partial charge in [-0.1, -0.05) is 0 Å². The fourth-order valence-electron chi connectivity index (χ4n) is 2.01. The summed E-state index contributed by atoms with van der Waals surface area (Å²) >= 11 is 0. The summed E-state index contributed by atoms with van der Waals surface area (Å²) in [5, 5.41) is 6.22. The van der Waals surface area contributed by atoms with Gasteiger partial charge in [-0.2, -0.15) is 5.10 Å². The summed E-state index contributed by atoms with van der Waals surface area (Å²) in [6.07, 6.45) is 1.39. The Bertz CT molecular complexity index is 803. The van der Waals surface area contributed by atoms with Gasteiger partial charge in [0.25, 0.3) is 0 Å². The van der Waals surface area contributed by atoms with Gasteiger partial charge in [0.15, 0.2) is 11.5 Å². The first kappa shape index (κ1) is 18.8. The predicted molar refractivity (Wildman–Crippen MR) is 96.9 cm³/mol. The van der Waals surface area contributed by atoms with Crippen molar-refractivity contribution in [3.05, 3.63) is 48.0 Å². The van der Waals surface area contributed by atoms with E-state index in [2.05, 4.69) is 15.8 Å². The second-order valence-corrected chi connectivity index (χ2v) is 5.00. The Morgan fingerprint density at radius 1 is 0.885 bits per heavy atom. The van der Waals surface area contributed by atoms with Crippen molar-refractivity contribution in [3.8, 4) is 17.2 Å². The number of amides is 2. The molecule has 0 aliphatic heterocycles. The fourth-order valence-corrected chi connectivity index (χ4v) is 2.01. The molecule has 2 N–H and O–H groups in total. The average molecular weight is 357 g/mol. The topological polar surface area (TPSA) is 98.2 Å². The van der Waals surface area contributed by atoms with E-state index < -0.39 is 11.8 Å². The van der Waals surface area contributed by atoms with E-state index >= 15 is 0 Å². The molecule has 2 aromatic rings. The number of nitrogens with one attached hydrogen (secondary N) is 2. The van der Waals surface area contributed by atoms with Crippen molar-refractivity contribution in [1.82, 2.24) is 5.43 Å². The summed E-state index contributed by atoms with van der Waals surface area (Å²) in [5.41, 5.74) is 3.29. The van der Waals surface area contributed by atoms with Crippen molar-refractivity contribution in [2.24, 2.45) is 5.10 Å². The molecule has 0 saturated carbocycles. The van der Waals surface area contributed by atoms with Crippen molar-refractivity contribution < 1.29 is 23.8 Å². The summed E-state index contributed by atoms with van der Waals surface area (Å²) < 4.78 is 15.3. The summed E-state index contributed by atoms with van der Waals surface area (Å²) in [7, 11) is 4.59. The lowest BCUT2D eigenvalue weighted by Crippen LogP contribution is -2.32. The van der Waals surface area contributed by atoms with Crippen LogP contribution < -0.4 is 25.0 Å². The van der Waals surface area contributed by atoms with Crippen LogP contribution in [-0.2, 0) is 9.59 Å². The zero-order chi connectivity index (χ0) is 18.9. The van der Waals surface area contributed by atoms with E-state index in [0.29, 0.717) is 28.5 Å². The SMILES string of the molecule is COc1ccc(NC(=O)C(=O)NN=Cc2ccc(OC)c(OC)c2)cc1. The van der Waals surface area contributed by atoms with Crippen LogP contribution in [0.15, 0.2) is 47.6 Å². The summed E-state index contributed by atoms with van der Waals surface area (Å²) in [4.78, 5) is 23.6. The number of hydrazone groups is 1. The maximum Gasteiger partial charge on any atom is 0.329 e. The molecule has 0 radical (unpaired) electrons. The molecule has 2 rings (SSSR count). The molecule has 136 valence electrons. The molecule has 8 heteroatoms. The van der Waals surface area contributed by atoms with Crippen LogP contribution >= 0.6 is 0 Å². The van der Waals surface area contributed by atoms with Gasteiger partial charge < -0.3 is 19.5 Å². The van der Waals surface area contributed by atoms with Gasteiger partial charge in [-0.15, -0.1) is 0 Å². The van der Waals surface area contributed by atoms with Crippen molar-refractivity contribution in [1.29, 1.82) is 0 Å². The Kier molecular flexibility index (Phi) is 6.55. The molecule has 0 spiro atoms. The van der Waals surface area contributed by atoms with Crippen LogP contribution in [0.4, 0.5) is 5.69 Å². The quantitative estimate of drug-likeness (QED) is 0.467. The number of carbonyl (C=O) groups excluding carboxylic acids is 2. The number of carbonyl (C=O) groups is 2. The molecule has 0 aliphatic rings. The summed E-state index contributed by atoms with van der Waals surface area (Å²) in [6.45, 7) is 0. The van der Waals surface area contributed by atoms with Crippen LogP contribution in [0.3, 0.4) is 0 Å². The Labute approximate surface area is 150 Å². The van der Waals surface area contributed by atoms with Crippen LogP contribution in [0.25, 0.3) is 0 Å². The van der Waals surface area contributed by atoms with Crippen molar-refractivity contribution >= 4 is 23.7 Å². The molecule has 0 aromatic heterocycles. The zero-order valence-electron chi connectivity index (χ0n) is 14.6. The lowest BCUT2D eigenvalue weighted by Gasteiger charge is -2.07. The van der Waals surface area contributed by atoms with Gasteiger partial charge in [-0.05, 0) is 48.0 Å². The highest BCUT2D eigenvalue weighted by atomic mass is 16.5. The van der Waals surface area contributed by atoms with E-state index in [-0.39, 0.29) is 0 Å². The highest BCUT2D eigenvalue weighted by Gasteiger charge is 2.12.